The van der Waals surface area contributed by atoms with Gasteiger partial charge in [0.2, 0.25) is 0 Å². The van der Waals surface area contributed by atoms with E-state index in [0.29, 0.717) is 0 Å². The van der Waals surface area contributed by atoms with Gasteiger partial charge in [0.05, 0.1) is 6.20 Å². The van der Waals surface area contributed by atoms with Gasteiger partial charge in [-0.05, 0) is 18.6 Å². The summed E-state index contributed by atoms with van der Waals surface area (Å²) in [5, 5.41) is 5.28. The summed E-state index contributed by atoms with van der Waals surface area (Å²) in [7, 11) is 0. The summed E-state index contributed by atoms with van der Waals surface area (Å²) >= 11 is 0. The van der Waals surface area contributed by atoms with Crippen molar-refractivity contribution in [1.82, 2.24) is 14.9 Å². The van der Waals surface area contributed by atoms with Gasteiger partial charge in [0, 0.05) is 18.1 Å². The smallest absolute Gasteiger partial charge is 0.180 e. The molecule has 74 valence electrons. The first-order valence-corrected chi connectivity index (χ1v) is 4.94. The van der Waals surface area contributed by atoms with Crippen molar-refractivity contribution >= 4 is 11.0 Å². The Bertz CT molecular complexity index is 407. The van der Waals surface area contributed by atoms with E-state index >= 15 is 0 Å². The number of hydrogen-bond acceptors (Lipinski definition) is 3. The van der Waals surface area contributed by atoms with E-state index in [1.807, 2.05) is 18.3 Å². The van der Waals surface area contributed by atoms with Crippen LogP contribution in [0, 0.1) is 0 Å². The molecule has 2 aromatic heterocycles. The molecule has 0 aliphatic rings. The number of aromatic nitrogens is 3. The lowest BCUT2D eigenvalue weighted by molar-refractivity contribution is 0.705. The minimum Gasteiger partial charge on any atom is -0.308 e. The molecule has 4 nitrogen and oxygen atoms in total. The van der Waals surface area contributed by atoms with E-state index in [2.05, 4.69) is 22.4 Å². The average molecular weight is 190 g/mol. The van der Waals surface area contributed by atoms with E-state index in [4.69, 9.17) is 0 Å². The molecule has 0 aromatic carbocycles. The number of rotatable bonds is 4. The van der Waals surface area contributed by atoms with Gasteiger partial charge in [-0.15, -0.1) is 0 Å². The summed E-state index contributed by atoms with van der Waals surface area (Å²) in [5.74, 6) is 0. The third-order valence-corrected chi connectivity index (χ3v) is 2.12. The molecule has 0 atom stereocenters. The van der Waals surface area contributed by atoms with Crippen molar-refractivity contribution in [1.29, 1.82) is 0 Å². The van der Waals surface area contributed by atoms with E-state index in [-0.39, 0.29) is 0 Å². The second kappa shape index (κ2) is 4.09. The molecule has 0 spiro atoms. The van der Waals surface area contributed by atoms with Crippen LogP contribution < -0.4 is 5.43 Å². The standard InChI is InChI=1S/C10H14N4/c1-2-3-7-12-14-10-9(8-13-14)5-4-6-11-10/h4-6,8,12H,2-3,7H2,1H3. The highest BCUT2D eigenvalue weighted by Crippen LogP contribution is 2.07. The van der Waals surface area contributed by atoms with Gasteiger partial charge in [-0.25, -0.2) is 4.98 Å². The average Bonchev–Trinajstić information content (AvgIpc) is 2.63. The van der Waals surface area contributed by atoms with Crippen molar-refractivity contribution < 1.29 is 0 Å². The summed E-state index contributed by atoms with van der Waals surface area (Å²) in [4.78, 5) is 6.00. The van der Waals surface area contributed by atoms with Crippen LogP contribution >= 0.6 is 0 Å². The van der Waals surface area contributed by atoms with E-state index < -0.39 is 0 Å². The van der Waals surface area contributed by atoms with Gasteiger partial charge in [-0.3, -0.25) is 0 Å². The molecule has 0 amide bonds. The predicted octanol–water partition coefficient (Wildman–Crippen LogP) is 1.77. The van der Waals surface area contributed by atoms with Crippen LogP contribution in [0.2, 0.25) is 0 Å². The molecule has 0 saturated carbocycles. The van der Waals surface area contributed by atoms with Gasteiger partial charge in [0.15, 0.2) is 5.65 Å². The van der Waals surface area contributed by atoms with Crippen LogP contribution in [0.5, 0.6) is 0 Å². The molecule has 14 heavy (non-hydrogen) atoms. The van der Waals surface area contributed by atoms with E-state index in [1.54, 1.807) is 11.0 Å². The van der Waals surface area contributed by atoms with Crippen molar-refractivity contribution in [3.8, 4) is 0 Å². The van der Waals surface area contributed by atoms with Crippen molar-refractivity contribution in [2.75, 3.05) is 12.0 Å². The fraction of sp³-hybridized carbons (Fsp3) is 0.400. The second-order valence-corrected chi connectivity index (χ2v) is 3.23. The summed E-state index contributed by atoms with van der Waals surface area (Å²) < 4.78 is 0. The molecular formula is C10H14N4. The number of unbranched alkanes of at least 4 members (excludes halogenated alkanes) is 1. The van der Waals surface area contributed by atoms with Crippen LogP contribution in [-0.4, -0.2) is 21.4 Å². The van der Waals surface area contributed by atoms with Gasteiger partial charge >= 0.3 is 0 Å². The van der Waals surface area contributed by atoms with Crippen LogP contribution in [0.4, 0.5) is 0 Å². The fourth-order valence-electron chi connectivity index (χ4n) is 1.34. The first kappa shape index (κ1) is 8.99. The highest BCUT2D eigenvalue weighted by atomic mass is 15.6. The number of nitrogens with one attached hydrogen (secondary N) is 1. The molecule has 2 aromatic rings. The summed E-state index contributed by atoms with van der Waals surface area (Å²) in [6, 6.07) is 3.92. The molecule has 1 N–H and O–H groups in total. The molecule has 2 rings (SSSR count). The summed E-state index contributed by atoms with van der Waals surface area (Å²) in [6.45, 7) is 3.10. The molecule has 0 aliphatic heterocycles. The molecule has 2 heterocycles. The lowest BCUT2D eigenvalue weighted by atomic mass is 10.3. The monoisotopic (exact) mass is 190 g/mol. The first-order valence-electron chi connectivity index (χ1n) is 4.94. The highest BCUT2D eigenvalue weighted by Gasteiger charge is 2.00. The molecule has 0 unspecified atom stereocenters. The molecule has 0 bridgehead atoms. The van der Waals surface area contributed by atoms with E-state index in [1.165, 1.54) is 6.42 Å². The third kappa shape index (κ3) is 1.69. The Balaban J connectivity index is 2.17. The maximum atomic E-state index is 4.26. The van der Waals surface area contributed by atoms with Crippen LogP contribution in [0.3, 0.4) is 0 Å². The SMILES string of the molecule is CCCCNn1ncc2cccnc21. The normalized spacial score (nSPS) is 10.6. The van der Waals surface area contributed by atoms with Gasteiger partial charge in [-0.2, -0.15) is 9.89 Å². The van der Waals surface area contributed by atoms with Gasteiger partial charge in [0.25, 0.3) is 0 Å². The zero-order chi connectivity index (χ0) is 9.80. The zero-order valence-corrected chi connectivity index (χ0v) is 8.27. The Morgan fingerprint density at radius 1 is 1.50 bits per heavy atom. The fourth-order valence-corrected chi connectivity index (χ4v) is 1.34. The third-order valence-electron chi connectivity index (χ3n) is 2.12. The molecule has 0 aliphatic carbocycles. The minimum absolute atomic E-state index is 0.892. The summed E-state index contributed by atoms with van der Waals surface area (Å²) in [6.07, 6.45) is 5.93. The van der Waals surface area contributed by atoms with E-state index in [9.17, 15) is 0 Å². The topological polar surface area (TPSA) is 42.7 Å². The maximum absolute atomic E-state index is 4.26. The molecule has 0 fully saturated rings. The summed E-state index contributed by atoms with van der Waals surface area (Å²) in [5.41, 5.74) is 4.10. The number of hydrogen-bond donors (Lipinski definition) is 1. The Morgan fingerprint density at radius 2 is 2.43 bits per heavy atom. The Hall–Kier alpha value is -1.58. The maximum Gasteiger partial charge on any atom is 0.180 e. The van der Waals surface area contributed by atoms with Crippen molar-refractivity contribution in [3.05, 3.63) is 24.5 Å². The lowest BCUT2D eigenvalue weighted by Crippen LogP contribution is -2.17. The zero-order valence-electron chi connectivity index (χ0n) is 8.27. The quantitative estimate of drug-likeness (QED) is 0.747. The largest absolute Gasteiger partial charge is 0.308 e. The van der Waals surface area contributed by atoms with Crippen LogP contribution in [0.15, 0.2) is 24.5 Å². The molecular weight excluding hydrogens is 176 g/mol. The van der Waals surface area contributed by atoms with Crippen LogP contribution in [0.25, 0.3) is 11.0 Å². The Morgan fingerprint density at radius 3 is 3.29 bits per heavy atom. The molecule has 0 saturated heterocycles. The van der Waals surface area contributed by atoms with Crippen LogP contribution in [0.1, 0.15) is 19.8 Å². The minimum atomic E-state index is 0.892. The Kier molecular flexibility index (Phi) is 2.62. The van der Waals surface area contributed by atoms with Gasteiger partial charge in [-0.1, -0.05) is 13.3 Å². The lowest BCUT2D eigenvalue weighted by Gasteiger charge is -2.04. The first-order chi connectivity index (χ1) is 6.92. The number of pyridine rings is 1. The van der Waals surface area contributed by atoms with Gasteiger partial charge < -0.3 is 5.43 Å². The molecule has 0 radical (unpaired) electrons. The van der Waals surface area contributed by atoms with E-state index in [0.717, 1.165) is 24.0 Å². The second-order valence-electron chi connectivity index (χ2n) is 3.23. The van der Waals surface area contributed by atoms with Gasteiger partial charge in [0.1, 0.15) is 0 Å². The number of fused-ring (bicyclic) bond motifs is 1. The van der Waals surface area contributed by atoms with Crippen molar-refractivity contribution in [3.63, 3.8) is 0 Å². The van der Waals surface area contributed by atoms with Crippen molar-refractivity contribution in [2.45, 2.75) is 19.8 Å². The van der Waals surface area contributed by atoms with Crippen LogP contribution in [-0.2, 0) is 0 Å². The Labute approximate surface area is 82.9 Å². The number of nitrogens with zero attached hydrogens (tertiary/aromatic N) is 3. The molecule has 4 heteroatoms. The highest BCUT2D eigenvalue weighted by molar-refractivity contribution is 5.74. The van der Waals surface area contributed by atoms with Crippen molar-refractivity contribution in [2.24, 2.45) is 0 Å². The predicted molar refractivity (Wildman–Crippen MR) is 56.7 cm³/mol.